The van der Waals surface area contributed by atoms with Crippen LogP contribution in [0.4, 0.5) is 17.1 Å². The standard InChI is InChI=1S/C60H38N2OS/c1-4-16-39(17-5-1)40-28-31-44(32-29-40)61(51-25-13-10-22-46(51)41-18-6-2-7-19-41)45-33-35-52-50(37-45)59-53(62(52)43-20-8-3-9-21-43)38-55-60(49-24-11-14-26-54(49)63-55)58(59)42-30-34-48-47-23-12-15-27-56(47)64-57(48)36-42/h1-38H. The van der Waals surface area contributed by atoms with E-state index in [4.69, 9.17) is 4.42 Å². The summed E-state index contributed by atoms with van der Waals surface area (Å²) in [5.74, 6) is 0. The molecule has 0 fully saturated rings. The number of nitrogens with zero attached hydrogens (tertiary/aromatic N) is 2. The zero-order valence-electron chi connectivity index (χ0n) is 34.7. The van der Waals surface area contributed by atoms with Crippen molar-refractivity contribution < 1.29 is 4.42 Å². The molecule has 0 spiro atoms. The minimum absolute atomic E-state index is 0.872. The van der Waals surface area contributed by atoms with Gasteiger partial charge in [0.05, 0.1) is 16.7 Å². The van der Waals surface area contributed by atoms with E-state index in [1.54, 1.807) is 0 Å². The highest BCUT2D eigenvalue weighted by Crippen LogP contribution is 2.49. The van der Waals surface area contributed by atoms with Gasteiger partial charge in [0.2, 0.25) is 0 Å². The number of aromatic nitrogens is 1. The summed E-state index contributed by atoms with van der Waals surface area (Å²) in [5.41, 5.74) is 15.4. The molecule has 10 aromatic carbocycles. The second-order valence-electron chi connectivity index (χ2n) is 16.4. The molecule has 0 aliphatic carbocycles. The Morgan fingerprint density at radius 1 is 0.375 bits per heavy atom. The lowest BCUT2D eigenvalue weighted by molar-refractivity contribution is 0.669. The van der Waals surface area contributed by atoms with Crippen molar-refractivity contribution in [2.45, 2.75) is 0 Å². The summed E-state index contributed by atoms with van der Waals surface area (Å²) < 4.78 is 11.8. The number of benzene rings is 10. The fourth-order valence-electron chi connectivity index (χ4n) is 9.93. The Labute approximate surface area is 373 Å². The van der Waals surface area contributed by atoms with Gasteiger partial charge in [0, 0.05) is 76.0 Å². The Bertz CT molecular complexity index is 3880. The molecule has 0 radical (unpaired) electrons. The first kappa shape index (κ1) is 36.5. The molecule has 300 valence electrons. The predicted octanol–water partition coefficient (Wildman–Crippen LogP) is 17.5. The summed E-state index contributed by atoms with van der Waals surface area (Å²) in [6.45, 7) is 0. The van der Waals surface area contributed by atoms with Gasteiger partial charge >= 0.3 is 0 Å². The molecule has 0 saturated carbocycles. The van der Waals surface area contributed by atoms with E-state index in [1.807, 2.05) is 11.3 Å². The topological polar surface area (TPSA) is 21.3 Å². The average Bonchev–Trinajstić information content (AvgIpc) is 4.03. The summed E-state index contributed by atoms with van der Waals surface area (Å²) in [6, 6.07) is 83.4. The molecule has 0 aliphatic rings. The van der Waals surface area contributed by atoms with E-state index in [9.17, 15) is 0 Å². The van der Waals surface area contributed by atoms with E-state index in [0.717, 1.165) is 66.7 Å². The van der Waals surface area contributed by atoms with Crippen molar-refractivity contribution in [1.82, 2.24) is 4.57 Å². The van der Waals surface area contributed by atoms with Gasteiger partial charge in [-0.3, -0.25) is 0 Å². The van der Waals surface area contributed by atoms with Gasteiger partial charge in [-0.05, 0) is 89.0 Å². The van der Waals surface area contributed by atoms with Gasteiger partial charge in [0.1, 0.15) is 11.2 Å². The van der Waals surface area contributed by atoms with Crippen LogP contribution in [-0.4, -0.2) is 4.57 Å². The summed E-state index contributed by atoms with van der Waals surface area (Å²) in [5, 5.41) is 7.17. The molecule has 3 heterocycles. The number of rotatable bonds is 7. The Morgan fingerprint density at radius 2 is 1.00 bits per heavy atom. The molecule has 0 unspecified atom stereocenters. The number of hydrogen-bond donors (Lipinski definition) is 0. The molecule has 0 atom stereocenters. The van der Waals surface area contributed by atoms with Crippen LogP contribution in [0, 0.1) is 0 Å². The molecular weight excluding hydrogens is 797 g/mol. The Hall–Kier alpha value is -8.18. The van der Waals surface area contributed by atoms with Crippen molar-refractivity contribution >= 4 is 92.3 Å². The minimum atomic E-state index is 0.872. The quantitative estimate of drug-likeness (QED) is 0.159. The van der Waals surface area contributed by atoms with Gasteiger partial charge < -0.3 is 13.9 Å². The van der Waals surface area contributed by atoms with Crippen LogP contribution >= 0.6 is 11.3 Å². The first-order valence-electron chi connectivity index (χ1n) is 21.7. The third kappa shape index (κ3) is 5.81. The van der Waals surface area contributed by atoms with E-state index in [-0.39, 0.29) is 0 Å². The molecule has 0 amide bonds. The van der Waals surface area contributed by atoms with Crippen LogP contribution in [0.15, 0.2) is 235 Å². The smallest absolute Gasteiger partial charge is 0.138 e. The maximum absolute atomic E-state index is 6.80. The average molecular weight is 835 g/mol. The molecule has 4 heteroatoms. The Morgan fingerprint density at radius 3 is 1.81 bits per heavy atom. The normalized spacial score (nSPS) is 11.8. The van der Waals surface area contributed by atoms with Crippen LogP contribution in [0.1, 0.15) is 0 Å². The molecule has 13 aromatic rings. The van der Waals surface area contributed by atoms with E-state index in [2.05, 4.69) is 240 Å². The van der Waals surface area contributed by atoms with Gasteiger partial charge in [-0.15, -0.1) is 11.3 Å². The number of fused-ring (bicyclic) bond motifs is 9. The Kier molecular flexibility index (Phi) is 8.40. The maximum Gasteiger partial charge on any atom is 0.138 e. The van der Waals surface area contributed by atoms with Gasteiger partial charge in [0.25, 0.3) is 0 Å². The number of furan rings is 1. The summed E-state index contributed by atoms with van der Waals surface area (Å²) in [4.78, 5) is 2.43. The maximum atomic E-state index is 6.80. The van der Waals surface area contributed by atoms with Gasteiger partial charge in [0.15, 0.2) is 0 Å². The zero-order chi connectivity index (χ0) is 42.1. The first-order valence-corrected chi connectivity index (χ1v) is 22.6. The minimum Gasteiger partial charge on any atom is -0.456 e. The fourth-order valence-corrected chi connectivity index (χ4v) is 11.1. The number of para-hydroxylation sites is 3. The van der Waals surface area contributed by atoms with Gasteiger partial charge in [-0.2, -0.15) is 0 Å². The third-order valence-corrected chi connectivity index (χ3v) is 13.9. The van der Waals surface area contributed by atoms with Crippen molar-refractivity contribution in [3.8, 4) is 39.1 Å². The fraction of sp³-hybridized carbons (Fsp3) is 0. The lowest BCUT2D eigenvalue weighted by atomic mass is 9.93. The lowest BCUT2D eigenvalue weighted by Crippen LogP contribution is -2.11. The van der Waals surface area contributed by atoms with Crippen LogP contribution in [0.5, 0.6) is 0 Å². The van der Waals surface area contributed by atoms with Crippen LogP contribution in [0.2, 0.25) is 0 Å². The van der Waals surface area contributed by atoms with E-state index in [1.165, 1.54) is 53.4 Å². The predicted molar refractivity (Wildman–Crippen MR) is 272 cm³/mol. The number of anilines is 3. The monoisotopic (exact) mass is 834 g/mol. The molecule has 13 rings (SSSR count). The van der Waals surface area contributed by atoms with Crippen LogP contribution in [-0.2, 0) is 0 Å². The molecule has 0 N–H and O–H groups in total. The summed E-state index contributed by atoms with van der Waals surface area (Å²) in [7, 11) is 0. The summed E-state index contributed by atoms with van der Waals surface area (Å²) >= 11 is 1.86. The first-order chi connectivity index (χ1) is 31.7. The number of thiophene rings is 1. The molecule has 3 nitrogen and oxygen atoms in total. The van der Waals surface area contributed by atoms with Crippen molar-refractivity contribution in [2.75, 3.05) is 4.90 Å². The van der Waals surface area contributed by atoms with Gasteiger partial charge in [-0.25, -0.2) is 0 Å². The molecule has 3 aromatic heterocycles. The third-order valence-electron chi connectivity index (χ3n) is 12.8. The largest absolute Gasteiger partial charge is 0.456 e. The summed E-state index contributed by atoms with van der Waals surface area (Å²) in [6.07, 6.45) is 0. The van der Waals surface area contributed by atoms with Crippen molar-refractivity contribution in [1.29, 1.82) is 0 Å². The molecule has 0 bridgehead atoms. The highest BCUT2D eigenvalue weighted by molar-refractivity contribution is 7.25. The van der Waals surface area contributed by atoms with Crippen LogP contribution < -0.4 is 4.90 Å². The van der Waals surface area contributed by atoms with Crippen LogP contribution in [0.3, 0.4) is 0 Å². The van der Waals surface area contributed by atoms with Crippen molar-refractivity contribution in [2.24, 2.45) is 0 Å². The second kappa shape index (κ2) is 14.7. The van der Waals surface area contributed by atoms with E-state index in [0.29, 0.717) is 0 Å². The lowest BCUT2D eigenvalue weighted by Gasteiger charge is -2.28. The highest BCUT2D eigenvalue weighted by Gasteiger charge is 2.25. The highest BCUT2D eigenvalue weighted by atomic mass is 32.1. The molecule has 64 heavy (non-hydrogen) atoms. The molecule has 0 saturated heterocycles. The number of hydrogen-bond acceptors (Lipinski definition) is 3. The SMILES string of the molecule is c1ccc(-c2ccc(N(c3ccc4c(c3)c3c(-c5ccc6c(c5)sc5ccccc56)c5c(cc3n4-c3ccccc3)oc3ccccc35)c3ccccc3-c3ccccc3)cc2)cc1. The molecular formula is C60H38N2OS. The van der Waals surface area contributed by atoms with E-state index >= 15 is 0 Å². The molecule has 0 aliphatic heterocycles. The van der Waals surface area contributed by atoms with Gasteiger partial charge in [-0.1, -0.05) is 158 Å². The van der Waals surface area contributed by atoms with Crippen LogP contribution in [0.25, 0.3) is 103 Å². The Balaban J connectivity index is 1.14. The van der Waals surface area contributed by atoms with Crippen molar-refractivity contribution in [3.63, 3.8) is 0 Å². The van der Waals surface area contributed by atoms with Crippen molar-refractivity contribution in [3.05, 3.63) is 231 Å². The second-order valence-corrected chi connectivity index (χ2v) is 17.5. The zero-order valence-corrected chi connectivity index (χ0v) is 35.5. The van der Waals surface area contributed by atoms with E-state index < -0.39 is 0 Å².